The Kier molecular flexibility index (Phi) is 6.06. The van der Waals surface area contributed by atoms with Crippen LogP contribution in [0.3, 0.4) is 0 Å². The molecule has 7 nitrogen and oxygen atoms in total. The number of amides is 1. The van der Waals surface area contributed by atoms with Crippen molar-refractivity contribution in [2.45, 2.75) is 13.3 Å². The second-order valence-electron chi connectivity index (χ2n) is 5.94. The average molecular weight is 378 g/mol. The number of nitrogens with zero attached hydrogens (tertiary/aromatic N) is 2. The summed E-state index contributed by atoms with van der Waals surface area (Å²) in [6.45, 7) is 2.04. The van der Waals surface area contributed by atoms with E-state index in [4.69, 9.17) is 9.47 Å². The summed E-state index contributed by atoms with van der Waals surface area (Å²) in [4.78, 5) is 21.0. The highest BCUT2D eigenvalue weighted by Gasteiger charge is 2.11. The Morgan fingerprint density at radius 1 is 1.00 bits per heavy atom. The number of anilines is 3. The molecule has 0 aliphatic carbocycles. The molecule has 2 N–H and O–H groups in total. The van der Waals surface area contributed by atoms with Gasteiger partial charge in [0.15, 0.2) is 0 Å². The van der Waals surface area contributed by atoms with Gasteiger partial charge in [-0.1, -0.05) is 25.1 Å². The Morgan fingerprint density at radius 2 is 1.82 bits per heavy atom. The third kappa shape index (κ3) is 4.37. The molecule has 7 heteroatoms. The standard InChI is InChI=1S/C21H22N4O3/c1-4-14-7-5-6-8-16(14)25-21(26)18-12-23-20(13-22-18)24-17-11-15(27-2)9-10-19(17)28-3/h5-13H,4H2,1-3H3,(H,23,24)(H,25,26). The van der Waals surface area contributed by atoms with Crippen LogP contribution in [0.4, 0.5) is 17.2 Å². The lowest BCUT2D eigenvalue weighted by molar-refractivity contribution is 0.102. The van der Waals surface area contributed by atoms with E-state index in [1.54, 1.807) is 32.4 Å². The van der Waals surface area contributed by atoms with Crippen LogP contribution in [-0.4, -0.2) is 30.1 Å². The first-order valence-electron chi connectivity index (χ1n) is 8.85. The van der Waals surface area contributed by atoms with Gasteiger partial charge in [-0.3, -0.25) is 4.79 Å². The maximum Gasteiger partial charge on any atom is 0.275 e. The number of ether oxygens (including phenoxy) is 2. The van der Waals surface area contributed by atoms with E-state index < -0.39 is 0 Å². The number of nitrogens with one attached hydrogen (secondary N) is 2. The molecule has 0 fully saturated rings. The highest BCUT2D eigenvalue weighted by Crippen LogP contribution is 2.30. The van der Waals surface area contributed by atoms with Crippen LogP contribution in [0.2, 0.25) is 0 Å². The van der Waals surface area contributed by atoms with Gasteiger partial charge in [-0.05, 0) is 30.2 Å². The SMILES string of the molecule is CCc1ccccc1NC(=O)c1cnc(Nc2cc(OC)ccc2OC)cn1. The van der Waals surface area contributed by atoms with Crippen LogP contribution in [0, 0.1) is 0 Å². The maximum atomic E-state index is 12.5. The Bertz CT molecular complexity index is 958. The minimum atomic E-state index is -0.307. The molecule has 0 aliphatic rings. The zero-order valence-electron chi connectivity index (χ0n) is 16.0. The van der Waals surface area contributed by atoms with Gasteiger partial charge in [-0.2, -0.15) is 0 Å². The molecule has 3 aromatic rings. The molecule has 2 aromatic carbocycles. The molecule has 0 saturated heterocycles. The van der Waals surface area contributed by atoms with Crippen LogP contribution < -0.4 is 20.1 Å². The van der Waals surface area contributed by atoms with E-state index in [-0.39, 0.29) is 11.6 Å². The molecule has 0 saturated carbocycles. The molecular weight excluding hydrogens is 356 g/mol. The van der Waals surface area contributed by atoms with Gasteiger partial charge in [-0.15, -0.1) is 0 Å². The first kappa shape index (κ1) is 19.2. The summed E-state index contributed by atoms with van der Waals surface area (Å²) in [5.74, 6) is 1.50. The topological polar surface area (TPSA) is 85.4 Å². The van der Waals surface area contributed by atoms with Crippen molar-refractivity contribution >= 4 is 23.1 Å². The lowest BCUT2D eigenvalue weighted by Gasteiger charge is -2.12. The minimum Gasteiger partial charge on any atom is -0.497 e. The monoisotopic (exact) mass is 378 g/mol. The summed E-state index contributed by atoms with van der Waals surface area (Å²) in [6.07, 6.45) is 3.76. The number of rotatable bonds is 7. The second-order valence-corrected chi connectivity index (χ2v) is 5.94. The van der Waals surface area contributed by atoms with Gasteiger partial charge in [0, 0.05) is 11.8 Å². The highest BCUT2D eigenvalue weighted by molar-refractivity contribution is 6.03. The summed E-state index contributed by atoms with van der Waals surface area (Å²) in [7, 11) is 3.18. The summed E-state index contributed by atoms with van der Waals surface area (Å²) in [5, 5.41) is 6.00. The predicted molar refractivity (Wildman–Crippen MR) is 109 cm³/mol. The van der Waals surface area contributed by atoms with Gasteiger partial charge < -0.3 is 20.1 Å². The van der Waals surface area contributed by atoms with E-state index in [0.29, 0.717) is 23.0 Å². The molecule has 0 spiro atoms. The number of carbonyl (C=O) groups is 1. The van der Waals surface area contributed by atoms with Gasteiger partial charge in [0.05, 0.1) is 32.3 Å². The number of methoxy groups -OCH3 is 2. The first-order chi connectivity index (χ1) is 13.6. The van der Waals surface area contributed by atoms with Gasteiger partial charge in [0.2, 0.25) is 0 Å². The maximum absolute atomic E-state index is 12.5. The van der Waals surface area contributed by atoms with Crippen LogP contribution in [0.15, 0.2) is 54.9 Å². The first-order valence-corrected chi connectivity index (χ1v) is 8.85. The van der Waals surface area contributed by atoms with Gasteiger partial charge in [-0.25, -0.2) is 9.97 Å². The summed E-state index contributed by atoms with van der Waals surface area (Å²) in [6, 6.07) is 13.1. The van der Waals surface area contributed by atoms with E-state index in [1.807, 2.05) is 31.2 Å². The van der Waals surface area contributed by atoms with Crippen molar-refractivity contribution < 1.29 is 14.3 Å². The van der Waals surface area contributed by atoms with Crippen LogP contribution in [0.1, 0.15) is 23.0 Å². The number of aryl methyl sites for hydroxylation is 1. The molecule has 144 valence electrons. The van der Waals surface area contributed by atoms with Crippen LogP contribution in [0.25, 0.3) is 0 Å². The molecule has 0 aliphatic heterocycles. The highest BCUT2D eigenvalue weighted by atomic mass is 16.5. The lowest BCUT2D eigenvalue weighted by Crippen LogP contribution is -2.15. The van der Waals surface area contributed by atoms with Gasteiger partial charge >= 0.3 is 0 Å². The van der Waals surface area contributed by atoms with E-state index >= 15 is 0 Å². The fraction of sp³-hybridized carbons (Fsp3) is 0.190. The van der Waals surface area contributed by atoms with Crippen LogP contribution in [0.5, 0.6) is 11.5 Å². The number of hydrogen-bond acceptors (Lipinski definition) is 6. The fourth-order valence-electron chi connectivity index (χ4n) is 2.70. The quantitative estimate of drug-likeness (QED) is 0.645. The van der Waals surface area contributed by atoms with E-state index in [0.717, 1.165) is 17.7 Å². The van der Waals surface area contributed by atoms with Crippen molar-refractivity contribution in [1.29, 1.82) is 0 Å². The Balaban J connectivity index is 1.74. The Morgan fingerprint density at radius 3 is 2.50 bits per heavy atom. The van der Waals surface area contributed by atoms with E-state index in [2.05, 4.69) is 20.6 Å². The third-order valence-electron chi connectivity index (χ3n) is 4.20. The number of benzene rings is 2. The third-order valence-corrected chi connectivity index (χ3v) is 4.20. The van der Waals surface area contributed by atoms with Crippen molar-refractivity contribution in [2.75, 3.05) is 24.9 Å². The predicted octanol–water partition coefficient (Wildman–Crippen LogP) is 4.05. The van der Waals surface area contributed by atoms with Crippen LogP contribution >= 0.6 is 0 Å². The summed E-state index contributed by atoms with van der Waals surface area (Å²) in [5.41, 5.74) is 2.76. The smallest absolute Gasteiger partial charge is 0.275 e. The average Bonchev–Trinajstić information content (AvgIpc) is 2.74. The molecule has 0 bridgehead atoms. The molecule has 0 radical (unpaired) electrons. The zero-order chi connectivity index (χ0) is 19.9. The zero-order valence-corrected chi connectivity index (χ0v) is 16.0. The second kappa shape index (κ2) is 8.85. The van der Waals surface area contributed by atoms with E-state index in [9.17, 15) is 4.79 Å². The Labute approximate surface area is 163 Å². The molecular formula is C21H22N4O3. The molecule has 1 amide bonds. The van der Waals surface area contributed by atoms with Gasteiger partial charge in [0.1, 0.15) is 23.0 Å². The van der Waals surface area contributed by atoms with Crippen molar-refractivity contribution in [3.05, 3.63) is 66.1 Å². The number of para-hydroxylation sites is 1. The molecule has 1 heterocycles. The largest absolute Gasteiger partial charge is 0.497 e. The number of carbonyl (C=O) groups excluding carboxylic acids is 1. The fourth-order valence-corrected chi connectivity index (χ4v) is 2.70. The number of aromatic nitrogens is 2. The molecule has 28 heavy (non-hydrogen) atoms. The summed E-state index contributed by atoms with van der Waals surface area (Å²) >= 11 is 0. The van der Waals surface area contributed by atoms with E-state index in [1.165, 1.54) is 12.4 Å². The Hall–Kier alpha value is -3.61. The molecule has 0 atom stereocenters. The summed E-state index contributed by atoms with van der Waals surface area (Å²) < 4.78 is 10.6. The van der Waals surface area contributed by atoms with Crippen molar-refractivity contribution in [3.63, 3.8) is 0 Å². The lowest BCUT2D eigenvalue weighted by atomic mass is 10.1. The molecule has 1 aromatic heterocycles. The van der Waals surface area contributed by atoms with Crippen LogP contribution in [-0.2, 0) is 6.42 Å². The van der Waals surface area contributed by atoms with Gasteiger partial charge in [0.25, 0.3) is 5.91 Å². The number of hydrogen-bond donors (Lipinski definition) is 2. The normalized spacial score (nSPS) is 10.2. The minimum absolute atomic E-state index is 0.231. The molecule has 0 unspecified atom stereocenters. The van der Waals surface area contributed by atoms with Crippen molar-refractivity contribution in [1.82, 2.24) is 9.97 Å². The molecule has 3 rings (SSSR count). The van der Waals surface area contributed by atoms with Crippen molar-refractivity contribution in [2.24, 2.45) is 0 Å². The van der Waals surface area contributed by atoms with Crippen molar-refractivity contribution in [3.8, 4) is 11.5 Å².